The van der Waals surface area contributed by atoms with Crippen LogP contribution in [0.15, 0.2) is 0 Å². The number of aryl methyl sites for hydroxylation is 1. The Morgan fingerprint density at radius 3 is 2.61 bits per heavy atom. The molecule has 4 nitrogen and oxygen atoms in total. The molecule has 0 spiro atoms. The van der Waals surface area contributed by atoms with E-state index in [2.05, 4.69) is 11.9 Å². The van der Waals surface area contributed by atoms with E-state index in [0.29, 0.717) is 12.5 Å². The first kappa shape index (κ1) is 20.7. The number of likely N-dealkylation sites (tertiary alicyclic amines) is 1. The monoisotopic (exact) mass is 379 g/mol. The highest BCUT2D eigenvalue weighted by Gasteiger charge is 2.36. The Kier molecular flexibility index (Phi) is 7.33. The number of nitrogens with zero attached hydrogens (tertiary/aromatic N) is 2. The summed E-state index contributed by atoms with van der Waals surface area (Å²) in [5.74, 6) is 0.745. The molecule has 1 atom stereocenters. The van der Waals surface area contributed by atoms with Gasteiger partial charge in [0, 0.05) is 19.0 Å². The van der Waals surface area contributed by atoms with Gasteiger partial charge in [0.05, 0.1) is 10.7 Å². The van der Waals surface area contributed by atoms with Crippen molar-refractivity contribution in [3.63, 3.8) is 0 Å². The van der Waals surface area contributed by atoms with Crippen LogP contribution in [-0.4, -0.2) is 35.4 Å². The zero-order valence-electron chi connectivity index (χ0n) is 13.8. The third-order valence-electron chi connectivity index (χ3n) is 5.05. The highest BCUT2D eigenvalue weighted by molar-refractivity contribution is 7.13. The van der Waals surface area contributed by atoms with Crippen molar-refractivity contribution in [2.24, 2.45) is 11.1 Å². The van der Waals surface area contributed by atoms with Gasteiger partial charge in [0.15, 0.2) is 0 Å². The average molecular weight is 380 g/mol. The maximum absolute atomic E-state index is 12.8. The number of carbonyl (C=O) groups excluding carboxylic acids is 1. The van der Waals surface area contributed by atoms with E-state index < -0.39 is 0 Å². The number of rotatable bonds is 3. The molecule has 132 valence electrons. The van der Waals surface area contributed by atoms with E-state index in [1.54, 1.807) is 11.3 Å². The number of hydrogen-bond acceptors (Lipinski definition) is 4. The smallest absolute Gasteiger partial charge is 0.265 e. The fourth-order valence-electron chi connectivity index (χ4n) is 3.47. The SMILES string of the molecule is Cc1nc(C2CCCC2)sc1C(=O)N1CCC(C)(CN)C1.Cl.Cl. The normalized spacial score (nSPS) is 24.4. The van der Waals surface area contributed by atoms with Crippen molar-refractivity contribution in [1.29, 1.82) is 0 Å². The molecule has 1 saturated heterocycles. The molecule has 0 aromatic carbocycles. The van der Waals surface area contributed by atoms with Crippen molar-refractivity contribution in [3.8, 4) is 0 Å². The van der Waals surface area contributed by atoms with Crippen LogP contribution in [0.4, 0.5) is 0 Å². The van der Waals surface area contributed by atoms with Crippen molar-refractivity contribution in [2.45, 2.75) is 51.9 Å². The summed E-state index contributed by atoms with van der Waals surface area (Å²) >= 11 is 1.63. The second-order valence-corrected chi connectivity index (χ2v) is 7.97. The number of halogens is 2. The number of carbonyl (C=O) groups is 1. The van der Waals surface area contributed by atoms with Gasteiger partial charge in [0.2, 0.25) is 0 Å². The number of amides is 1. The lowest BCUT2D eigenvalue weighted by atomic mass is 9.90. The molecular formula is C16H27Cl2N3OS. The zero-order valence-corrected chi connectivity index (χ0v) is 16.3. The minimum absolute atomic E-state index is 0. The molecule has 1 aromatic rings. The highest BCUT2D eigenvalue weighted by atomic mass is 35.5. The first-order chi connectivity index (χ1) is 10.0. The Hall–Kier alpha value is -0.360. The Bertz CT molecular complexity index is 545. The quantitative estimate of drug-likeness (QED) is 0.869. The van der Waals surface area contributed by atoms with Gasteiger partial charge >= 0.3 is 0 Å². The first-order valence-corrected chi connectivity index (χ1v) is 8.81. The molecule has 2 N–H and O–H groups in total. The predicted molar refractivity (Wildman–Crippen MR) is 100 cm³/mol. The lowest BCUT2D eigenvalue weighted by Gasteiger charge is -2.22. The number of nitrogens with two attached hydrogens (primary N) is 1. The standard InChI is InChI=1S/C16H25N3OS.2ClH/c1-11-13(21-14(18-11)12-5-3-4-6-12)15(20)19-8-7-16(2,9-17)10-19;;/h12H,3-10,17H2,1-2H3;2*1H. The lowest BCUT2D eigenvalue weighted by Crippen LogP contribution is -2.34. The van der Waals surface area contributed by atoms with Gasteiger partial charge in [0.1, 0.15) is 4.88 Å². The van der Waals surface area contributed by atoms with Gasteiger partial charge in [-0.3, -0.25) is 4.79 Å². The summed E-state index contributed by atoms with van der Waals surface area (Å²) in [5.41, 5.74) is 6.83. The molecule has 1 aliphatic carbocycles. The van der Waals surface area contributed by atoms with Crippen molar-refractivity contribution in [1.82, 2.24) is 9.88 Å². The Balaban J connectivity index is 0.00000132. The second-order valence-electron chi connectivity index (χ2n) is 6.94. The third-order valence-corrected chi connectivity index (χ3v) is 6.36. The van der Waals surface area contributed by atoms with Crippen LogP contribution >= 0.6 is 36.2 Å². The van der Waals surface area contributed by atoms with Crippen molar-refractivity contribution in [3.05, 3.63) is 15.6 Å². The van der Waals surface area contributed by atoms with Crippen LogP contribution < -0.4 is 5.73 Å². The molecular weight excluding hydrogens is 353 g/mol. The summed E-state index contributed by atoms with van der Waals surface area (Å²) in [5, 5.41) is 1.18. The maximum atomic E-state index is 12.8. The van der Waals surface area contributed by atoms with Crippen molar-refractivity contribution in [2.75, 3.05) is 19.6 Å². The van der Waals surface area contributed by atoms with Gasteiger partial charge in [-0.2, -0.15) is 0 Å². The molecule has 2 aliphatic rings. The van der Waals surface area contributed by atoms with E-state index in [9.17, 15) is 4.79 Å². The molecule has 23 heavy (non-hydrogen) atoms. The number of hydrogen-bond donors (Lipinski definition) is 1. The number of thiazole rings is 1. The van der Waals surface area contributed by atoms with Crippen LogP contribution in [-0.2, 0) is 0 Å². The van der Waals surface area contributed by atoms with Crippen molar-refractivity contribution >= 4 is 42.1 Å². The molecule has 1 saturated carbocycles. The van der Waals surface area contributed by atoms with Crippen LogP contribution in [0.3, 0.4) is 0 Å². The van der Waals surface area contributed by atoms with Crippen LogP contribution in [0.25, 0.3) is 0 Å². The van der Waals surface area contributed by atoms with E-state index in [1.165, 1.54) is 30.7 Å². The third kappa shape index (κ3) is 4.19. The molecule has 7 heteroatoms. The van der Waals surface area contributed by atoms with E-state index in [0.717, 1.165) is 30.1 Å². The van der Waals surface area contributed by atoms with Gasteiger partial charge in [0.25, 0.3) is 5.91 Å². The molecule has 1 unspecified atom stereocenters. The Morgan fingerprint density at radius 2 is 2.04 bits per heavy atom. The summed E-state index contributed by atoms with van der Waals surface area (Å²) in [4.78, 5) is 20.3. The van der Waals surface area contributed by atoms with E-state index in [1.807, 2.05) is 11.8 Å². The molecule has 1 amide bonds. The molecule has 2 heterocycles. The fraction of sp³-hybridized carbons (Fsp3) is 0.750. The van der Waals surface area contributed by atoms with Gasteiger partial charge in [-0.1, -0.05) is 19.8 Å². The van der Waals surface area contributed by atoms with E-state index in [4.69, 9.17) is 5.73 Å². The van der Waals surface area contributed by atoms with E-state index >= 15 is 0 Å². The molecule has 1 aliphatic heterocycles. The Morgan fingerprint density at radius 1 is 1.39 bits per heavy atom. The summed E-state index contributed by atoms with van der Waals surface area (Å²) in [6.45, 7) is 6.39. The molecule has 0 radical (unpaired) electrons. The number of aromatic nitrogens is 1. The minimum atomic E-state index is 0. The Labute approximate surface area is 155 Å². The molecule has 3 rings (SSSR count). The van der Waals surface area contributed by atoms with Gasteiger partial charge < -0.3 is 10.6 Å². The molecule has 2 fully saturated rings. The van der Waals surface area contributed by atoms with Crippen LogP contribution in [0, 0.1) is 12.3 Å². The minimum Gasteiger partial charge on any atom is -0.337 e. The summed E-state index contributed by atoms with van der Waals surface area (Å²) in [6, 6.07) is 0. The summed E-state index contributed by atoms with van der Waals surface area (Å²) < 4.78 is 0. The van der Waals surface area contributed by atoms with Crippen LogP contribution in [0.1, 0.15) is 65.3 Å². The lowest BCUT2D eigenvalue weighted by molar-refractivity contribution is 0.0780. The zero-order chi connectivity index (χ0) is 15.0. The van der Waals surface area contributed by atoms with Crippen LogP contribution in [0.2, 0.25) is 0 Å². The summed E-state index contributed by atoms with van der Waals surface area (Å²) in [7, 11) is 0. The second kappa shape index (κ2) is 8.15. The van der Waals surface area contributed by atoms with Crippen LogP contribution in [0.5, 0.6) is 0 Å². The largest absolute Gasteiger partial charge is 0.337 e. The average Bonchev–Trinajstić information content (AvgIpc) is 3.17. The van der Waals surface area contributed by atoms with Crippen molar-refractivity contribution < 1.29 is 4.79 Å². The summed E-state index contributed by atoms with van der Waals surface area (Å²) in [6.07, 6.45) is 6.06. The molecule has 0 bridgehead atoms. The first-order valence-electron chi connectivity index (χ1n) is 7.99. The van der Waals surface area contributed by atoms with Gasteiger partial charge in [-0.05, 0) is 38.1 Å². The highest BCUT2D eigenvalue weighted by Crippen LogP contribution is 2.38. The maximum Gasteiger partial charge on any atom is 0.265 e. The van der Waals surface area contributed by atoms with Gasteiger partial charge in [-0.25, -0.2) is 4.98 Å². The molecule has 1 aromatic heterocycles. The fourth-order valence-corrected chi connectivity index (χ4v) is 4.67. The topological polar surface area (TPSA) is 59.2 Å². The predicted octanol–water partition coefficient (Wildman–Crippen LogP) is 3.76. The van der Waals surface area contributed by atoms with Gasteiger partial charge in [-0.15, -0.1) is 36.2 Å². The van der Waals surface area contributed by atoms with E-state index in [-0.39, 0.29) is 36.1 Å².